The zero-order valence-corrected chi connectivity index (χ0v) is 11.7. The molecule has 2 rings (SSSR count). The average Bonchev–Trinajstić information content (AvgIpc) is 2.41. The molecule has 0 aliphatic heterocycles. The van der Waals surface area contributed by atoms with Gasteiger partial charge in [-0.3, -0.25) is 9.78 Å². The molecule has 3 nitrogen and oxygen atoms in total. The second-order valence-corrected chi connectivity index (χ2v) is 4.76. The second-order valence-electron chi connectivity index (χ2n) is 3.91. The summed E-state index contributed by atoms with van der Waals surface area (Å²) < 4.78 is 5.16. The summed E-state index contributed by atoms with van der Waals surface area (Å²) in [6.07, 6.45) is 3.32. The van der Waals surface area contributed by atoms with Crippen LogP contribution in [0.1, 0.15) is 15.9 Å². The lowest BCUT2D eigenvalue weighted by Crippen LogP contribution is -2.06. The second kappa shape index (κ2) is 6.04. The van der Waals surface area contributed by atoms with E-state index in [9.17, 15) is 4.79 Å². The number of benzene rings is 1. The molecule has 0 saturated heterocycles. The van der Waals surface area contributed by atoms with Crippen molar-refractivity contribution in [3.8, 4) is 5.75 Å². The topological polar surface area (TPSA) is 39.2 Å². The van der Waals surface area contributed by atoms with Crippen molar-refractivity contribution in [2.45, 2.75) is 6.42 Å². The highest BCUT2D eigenvalue weighted by Gasteiger charge is 2.14. The summed E-state index contributed by atoms with van der Waals surface area (Å²) in [6.45, 7) is 0. The van der Waals surface area contributed by atoms with E-state index < -0.39 is 0 Å². The van der Waals surface area contributed by atoms with E-state index in [1.807, 2.05) is 0 Å². The number of rotatable bonds is 4. The molecule has 0 N–H and O–H groups in total. The molecule has 1 aromatic heterocycles. The molecule has 0 spiro atoms. The van der Waals surface area contributed by atoms with Crippen molar-refractivity contribution < 1.29 is 9.53 Å². The highest BCUT2D eigenvalue weighted by molar-refractivity contribution is 6.31. The summed E-state index contributed by atoms with van der Waals surface area (Å²) >= 11 is 11.9. The third kappa shape index (κ3) is 3.25. The van der Waals surface area contributed by atoms with Crippen LogP contribution in [0.15, 0.2) is 36.7 Å². The molecule has 0 amide bonds. The Kier molecular flexibility index (Phi) is 4.40. The summed E-state index contributed by atoms with van der Waals surface area (Å²) in [5.74, 6) is 0.379. The number of halogens is 2. The number of ketones is 1. The molecule has 98 valence electrons. The van der Waals surface area contributed by atoms with Crippen LogP contribution in [-0.2, 0) is 6.42 Å². The zero-order valence-electron chi connectivity index (χ0n) is 10.2. The van der Waals surface area contributed by atoms with Crippen molar-refractivity contribution >= 4 is 29.0 Å². The van der Waals surface area contributed by atoms with E-state index in [0.29, 0.717) is 21.4 Å². The smallest absolute Gasteiger partial charge is 0.171 e. The monoisotopic (exact) mass is 295 g/mol. The fourth-order valence-electron chi connectivity index (χ4n) is 1.71. The van der Waals surface area contributed by atoms with E-state index in [1.54, 1.807) is 30.5 Å². The van der Waals surface area contributed by atoms with E-state index in [2.05, 4.69) is 4.98 Å². The SMILES string of the molecule is COc1cc(Cl)ccc1C(=O)Cc1ccncc1Cl. The number of carbonyl (C=O) groups excluding carboxylic acids is 1. The summed E-state index contributed by atoms with van der Waals surface area (Å²) in [7, 11) is 1.50. The molecule has 2 aromatic rings. The molecule has 0 bridgehead atoms. The molecule has 1 aromatic carbocycles. The highest BCUT2D eigenvalue weighted by Crippen LogP contribution is 2.25. The Labute approximate surface area is 121 Å². The van der Waals surface area contributed by atoms with Crippen LogP contribution >= 0.6 is 23.2 Å². The van der Waals surface area contributed by atoms with Gasteiger partial charge in [0.2, 0.25) is 0 Å². The van der Waals surface area contributed by atoms with Gasteiger partial charge >= 0.3 is 0 Å². The first-order valence-corrected chi connectivity index (χ1v) is 6.32. The van der Waals surface area contributed by atoms with Gasteiger partial charge in [0, 0.05) is 23.8 Å². The van der Waals surface area contributed by atoms with Crippen molar-refractivity contribution in [2.24, 2.45) is 0 Å². The minimum absolute atomic E-state index is 0.0818. The van der Waals surface area contributed by atoms with Gasteiger partial charge in [-0.2, -0.15) is 0 Å². The fourth-order valence-corrected chi connectivity index (χ4v) is 2.06. The average molecular weight is 296 g/mol. The van der Waals surface area contributed by atoms with Crippen molar-refractivity contribution in [3.63, 3.8) is 0 Å². The van der Waals surface area contributed by atoms with Crippen LogP contribution < -0.4 is 4.74 Å². The molecule has 0 saturated carbocycles. The van der Waals surface area contributed by atoms with E-state index in [-0.39, 0.29) is 12.2 Å². The van der Waals surface area contributed by atoms with Crippen molar-refractivity contribution in [1.82, 2.24) is 4.98 Å². The molecule has 0 radical (unpaired) electrons. The van der Waals surface area contributed by atoms with E-state index >= 15 is 0 Å². The van der Waals surface area contributed by atoms with Crippen LogP contribution in [0.2, 0.25) is 10.0 Å². The Morgan fingerprint density at radius 3 is 2.79 bits per heavy atom. The van der Waals surface area contributed by atoms with Crippen LogP contribution in [0.4, 0.5) is 0 Å². The van der Waals surface area contributed by atoms with Gasteiger partial charge in [-0.25, -0.2) is 0 Å². The largest absolute Gasteiger partial charge is 0.496 e. The minimum Gasteiger partial charge on any atom is -0.496 e. The molecular formula is C14H11Cl2NO2. The van der Waals surface area contributed by atoms with Crippen LogP contribution in [0.25, 0.3) is 0 Å². The van der Waals surface area contributed by atoms with Gasteiger partial charge in [-0.15, -0.1) is 0 Å². The summed E-state index contributed by atoms with van der Waals surface area (Å²) in [6, 6.07) is 6.65. The van der Waals surface area contributed by atoms with Gasteiger partial charge in [-0.1, -0.05) is 23.2 Å². The predicted octanol–water partition coefficient (Wildman–Crippen LogP) is 3.82. The number of methoxy groups -OCH3 is 1. The molecule has 0 fully saturated rings. The number of carbonyl (C=O) groups is 1. The summed E-state index contributed by atoms with van der Waals surface area (Å²) in [4.78, 5) is 16.1. The number of ether oxygens (including phenoxy) is 1. The van der Waals surface area contributed by atoms with Gasteiger partial charge in [0.1, 0.15) is 5.75 Å². The maximum absolute atomic E-state index is 12.3. The Bertz CT molecular complexity index is 614. The number of pyridine rings is 1. The first kappa shape index (κ1) is 13.8. The lowest BCUT2D eigenvalue weighted by molar-refractivity contribution is 0.0990. The predicted molar refractivity (Wildman–Crippen MR) is 75.3 cm³/mol. The molecule has 19 heavy (non-hydrogen) atoms. The number of hydrogen-bond donors (Lipinski definition) is 0. The van der Waals surface area contributed by atoms with Gasteiger partial charge in [0.15, 0.2) is 5.78 Å². The van der Waals surface area contributed by atoms with E-state index in [1.165, 1.54) is 13.3 Å². The third-order valence-corrected chi connectivity index (χ3v) is 3.25. The van der Waals surface area contributed by atoms with Gasteiger partial charge in [0.05, 0.1) is 17.7 Å². The highest BCUT2D eigenvalue weighted by atomic mass is 35.5. The van der Waals surface area contributed by atoms with Crippen LogP contribution in [-0.4, -0.2) is 17.9 Å². The lowest BCUT2D eigenvalue weighted by Gasteiger charge is -2.08. The van der Waals surface area contributed by atoms with E-state index in [4.69, 9.17) is 27.9 Å². The molecule has 0 unspecified atom stereocenters. The normalized spacial score (nSPS) is 10.3. The maximum Gasteiger partial charge on any atom is 0.171 e. The summed E-state index contributed by atoms with van der Waals surface area (Å²) in [5, 5.41) is 0.999. The van der Waals surface area contributed by atoms with Crippen LogP contribution in [0, 0.1) is 0 Å². The molecule has 0 atom stereocenters. The Morgan fingerprint density at radius 1 is 1.32 bits per heavy atom. The zero-order chi connectivity index (χ0) is 13.8. The molecule has 5 heteroatoms. The quantitative estimate of drug-likeness (QED) is 0.805. The first-order valence-electron chi connectivity index (χ1n) is 5.57. The first-order chi connectivity index (χ1) is 9.11. The van der Waals surface area contributed by atoms with Gasteiger partial charge < -0.3 is 4.74 Å². The maximum atomic E-state index is 12.3. The Hall–Kier alpha value is -1.58. The van der Waals surface area contributed by atoms with E-state index in [0.717, 1.165) is 5.56 Å². The molecule has 0 aliphatic rings. The molecular weight excluding hydrogens is 285 g/mol. The standard InChI is InChI=1S/C14H11Cl2NO2/c1-19-14-7-10(15)2-3-11(14)13(18)6-9-4-5-17-8-12(9)16/h2-5,7-8H,6H2,1H3. The number of aromatic nitrogens is 1. The van der Waals surface area contributed by atoms with Crippen LogP contribution in [0.5, 0.6) is 5.75 Å². The number of hydrogen-bond acceptors (Lipinski definition) is 3. The van der Waals surface area contributed by atoms with Gasteiger partial charge in [0.25, 0.3) is 0 Å². The van der Waals surface area contributed by atoms with Crippen molar-refractivity contribution in [1.29, 1.82) is 0 Å². The van der Waals surface area contributed by atoms with Crippen molar-refractivity contribution in [3.05, 3.63) is 57.8 Å². The van der Waals surface area contributed by atoms with Crippen molar-refractivity contribution in [2.75, 3.05) is 7.11 Å². The molecule has 1 heterocycles. The Balaban J connectivity index is 2.28. The number of nitrogens with zero attached hydrogens (tertiary/aromatic N) is 1. The fraction of sp³-hybridized carbons (Fsp3) is 0.143. The minimum atomic E-state index is -0.0818. The lowest BCUT2D eigenvalue weighted by atomic mass is 10.0. The van der Waals surface area contributed by atoms with Crippen LogP contribution in [0.3, 0.4) is 0 Å². The van der Waals surface area contributed by atoms with Gasteiger partial charge in [-0.05, 0) is 29.8 Å². The summed E-state index contributed by atoms with van der Waals surface area (Å²) in [5.41, 5.74) is 1.22. The number of Topliss-reactive ketones (excluding diaryl/α,β-unsaturated/α-hetero) is 1. The third-order valence-electron chi connectivity index (χ3n) is 2.67. The molecule has 0 aliphatic carbocycles. The Morgan fingerprint density at radius 2 is 2.11 bits per heavy atom.